The fourth-order valence-corrected chi connectivity index (χ4v) is 3.70. The minimum atomic E-state index is -0.698. The van der Waals surface area contributed by atoms with Crippen molar-refractivity contribution in [2.75, 3.05) is 10.6 Å². The number of hydrogen-bond acceptors (Lipinski definition) is 6. The minimum absolute atomic E-state index is 0. The van der Waals surface area contributed by atoms with Crippen molar-refractivity contribution in [1.29, 1.82) is 0 Å². The van der Waals surface area contributed by atoms with Crippen molar-refractivity contribution in [3.05, 3.63) is 36.0 Å². The van der Waals surface area contributed by atoms with E-state index in [0.29, 0.717) is 35.9 Å². The molecule has 3 N–H and O–H groups in total. The van der Waals surface area contributed by atoms with E-state index in [4.69, 9.17) is 0 Å². The first-order valence-corrected chi connectivity index (χ1v) is 9.83. The predicted octanol–water partition coefficient (Wildman–Crippen LogP) is 4.78. The van der Waals surface area contributed by atoms with E-state index in [1.165, 1.54) is 18.2 Å². The molecular formula is C21H28F2N6O. The van der Waals surface area contributed by atoms with Crippen molar-refractivity contribution >= 4 is 28.7 Å². The second kappa shape index (κ2) is 8.91. The summed E-state index contributed by atoms with van der Waals surface area (Å²) in [6, 6.07) is 3.86. The van der Waals surface area contributed by atoms with Crippen LogP contribution in [-0.4, -0.2) is 36.8 Å². The molecule has 1 aliphatic rings. The number of aliphatic hydroxyl groups excluding tert-OH is 1. The topological polar surface area (TPSA) is 87.9 Å². The third-order valence-electron chi connectivity index (χ3n) is 5.08. The van der Waals surface area contributed by atoms with Gasteiger partial charge in [-0.2, -0.15) is 4.98 Å². The summed E-state index contributed by atoms with van der Waals surface area (Å²) in [5, 5.41) is 15.9. The highest BCUT2D eigenvalue weighted by molar-refractivity contribution is 5.76. The Bertz CT molecular complexity index is 994. The van der Waals surface area contributed by atoms with Gasteiger partial charge in [0, 0.05) is 12.1 Å². The molecule has 0 radical (unpaired) electrons. The molecule has 0 spiro atoms. The standard InChI is InChI=1S/C20H24F2N6O.CH4/c1-11(2)24-19-23-10-16-18(27-19)28(12-6-8-13(29)9-7-12)20(25-16)26-17-14(21)4-3-5-15(17)22;/h3-5,10-13,29H,6-9H2,1-2H3,(H,25,26)(H,23,24,27);1H4. The van der Waals surface area contributed by atoms with Crippen LogP contribution in [0.1, 0.15) is 53.0 Å². The van der Waals surface area contributed by atoms with E-state index < -0.39 is 11.6 Å². The summed E-state index contributed by atoms with van der Waals surface area (Å²) in [6.07, 6.45) is 4.02. The maximum absolute atomic E-state index is 14.2. The molecule has 0 unspecified atom stereocenters. The lowest BCUT2D eigenvalue weighted by Gasteiger charge is -2.28. The van der Waals surface area contributed by atoms with Crippen LogP contribution < -0.4 is 10.6 Å². The van der Waals surface area contributed by atoms with Gasteiger partial charge in [-0.1, -0.05) is 13.5 Å². The maximum atomic E-state index is 14.2. The van der Waals surface area contributed by atoms with Crippen molar-refractivity contribution in [3.8, 4) is 0 Å². The minimum Gasteiger partial charge on any atom is -0.393 e. The van der Waals surface area contributed by atoms with Crippen molar-refractivity contribution in [2.45, 2.75) is 65.1 Å². The molecule has 2 aromatic heterocycles. The normalized spacial score (nSPS) is 19.0. The number of hydrogen-bond donors (Lipinski definition) is 3. The van der Waals surface area contributed by atoms with E-state index in [0.717, 1.165) is 12.8 Å². The summed E-state index contributed by atoms with van der Waals surface area (Å²) in [6.45, 7) is 3.97. The van der Waals surface area contributed by atoms with Crippen LogP contribution >= 0.6 is 0 Å². The summed E-state index contributed by atoms with van der Waals surface area (Å²) in [5.74, 6) is -0.624. The summed E-state index contributed by atoms with van der Waals surface area (Å²) in [7, 11) is 0. The van der Waals surface area contributed by atoms with Gasteiger partial charge in [-0.05, 0) is 51.7 Å². The number of aliphatic hydroxyl groups is 1. The predicted molar refractivity (Wildman–Crippen MR) is 114 cm³/mol. The van der Waals surface area contributed by atoms with E-state index in [2.05, 4.69) is 25.6 Å². The molecule has 0 bridgehead atoms. The summed E-state index contributed by atoms with van der Waals surface area (Å²) < 4.78 is 30.3. The second-order valence-electron chi connectivity index (χ2n) is 7.69. The number of anilines is 3. The first kappa shape index (κ1) is 21.9. The van der Waals surface area contributed by atoms with Crippen molar-refractivity contribution in [2.24, 2.45) is 0 Å². The molecular weight excluding hydrogens is 390 g/mol. The van der Waals surface area contributed by atoms with E-state index >= 15 is 0 Å². The van der Waals surface area contributed by atoms with E-state index in [1.54, 1.807) is 6.20 Å². The number of fused-ring (bicyclic) bond motifs is 1. The summed E-state index contributed by atoms with van der Waals surface area (Å²) in [5.41, 5.74) is 0.863. The maximum Gasteiger partial charge on any atom is 0.224 e. The Hall–Kier alpha value is -2.81. The van der Waals surface area contributed by atoms with Gasteiger partial charge in [0.15, 0.2) is 5.65 Å². The first-order valence-electron chi connectivity index (χ1n) is 9.83. The van der Waals surface area contributed by atoms with Crippen molar-refractivity contribution in [1.82, 2.24) is 19.5 Å². The Morgan fingerprint density at radius 2 is 1.77 bits per heavy atom. The first-order chi connectivity index (χ1) is 13.9. The Balaban J connectivity index is 0.00000256. The van der Waals surface area contributed by atoms with Gasteiger partial charge in [0.05, 0.1) is 12.3 Å². The number of rotatable bonds is 5. The molecule has 4 rings (SSSR count). The van der Waals surface area contributed by atoms with Gasteiger partial charge in [-0.25, -0.2) is 18.7 Å². The van der Waals surface area contributed by atoms with E-state index in [9.17, 15) is 13.9 Å². The SMILES string of the molecule is C.CC(C)Nc1ncc2nc(Nc3c(F)cccc3F)n(C3CCC(O)CC3)c2n1. The lowest BCUT2D eigenvalue weighted by molar-refractivity contribution is 0.112. The van der Waals surface area contributed by atoms with Crippen LogP contribution in [0.25, 0.3) is 11.2 Å². The van der Waals surface area contributed by atoms with E-state index in [-0.39, 0.29) is 31.3 Å². The smallest absolute Gasteiger partial charge is 0.224 e. The van der Waals surface area contributed by atoms with Crippen molar-refractivity contribution in [3.63, 3.8) is 0 Å². The molecule has 0 aliphatic heterocycles. The Labute approximate surface area is 174 Å². The summed E-state index contributed by atoms with van der Waals surface area (Å²) >= 11 is 0. The highest BCUT2D eigenvalue weighted by Gasteiger charge is 2.27. The molecule has 0 saturated heterocycles. The van der Waals surface area contributed by atoms with E-state index in [1.807, 2.05) is 18.4 Å². The third kappa shape index (κ3) is 4.35. The highest BCUT2D eigenvalue weighted by Crippen LogP contribution is 2.35. The number of para-hydroxylation sites is 1. The van der Waals surface area contributed by atoms with Crippen LogP contribution in [0.4, 0.5) is 26.4 Å². The van der Waals surface area contributed by atoms with Gasteiger partial charge in [0.2, 0.25) is 11.9 Å². The lowest BCUT2D eigenvalue weighted by Crippen LogP contribution is -2.22. The molecule has 1 aliphatic carbocycles. The number of nitrogens with zero attached hydrogens (tertiary/aromatic N) is 4. The van der Waals surface area contributed by atoms with Crippen LogP contribution in [0.5, 0.6) is 0 Å². The van der Waals surface area contributed by atoms with Crippen molar-refractivity contribution < 1.29 is 13.9 Å². The second-order valence-corrected chi connectivity index (χ2v) is 7.69. The molecule has 0 atom stereocenters. The van der Waals surface area contributed by atoms with Gasteiger partial charge < -0.3 is 15.7 Å². The molecule has 30 heavy (non-hydrogen) atoms. The average Bonchev–Trinajstić information content (AvgIpc) is 3.02. The number of imidazole rings is 1. The van der Waals surface area contributed by atoms with Crippen LogP contribution in [0.2, 0.25) is 0 Å². The molecule has 3 aromatic rings. The number of benzene rings is 1. The van der Waals surface area contributed by atoms with Gasteiger partial charge in [0.1, 0.15) is 22.8 Å². The number of halogens is 2. The molecule has 7 nitrogen and oxygen atoms in total. The van der Waals surface area contributed by atoms with Gasteiger partial charge >= 0.3 is 0 Å². The average molecular weight is 418 g/mol. The fraction of sp³-hybridized carbons (Fsp3) is 0.476. The number of aromatic nitrogens is 4. The van der Waals surface area contributed by atoms with Gasteiger partial charge in [0.25, 0.3) is 0 Å². The monoisotopic (exact) mass is 418 g/mol. The zero-order valence-corrected chi connectivity index (χ0v) is 16.4. The zero-order valence-electron chi connectivity index (χ0n) is 16.4. The molecule has 1 fully saturated rings. The zero-order chi connectivity index (χ0) is 20.5. The van der Waals surface area contributed by atoms with Gasteiger partial charge in [-0.3, -0.25) is 4.57 Å². The highest BCUT2D eigenvalue weighted by atomic mass is 19.1. The Kier molecular flexibility index (Phi) is 6.50. The molecule has 0 amide bonds. The number of nitrogens with one attached hydrogen (secondary N) is 2. The van der Waals surface area contributed by atoms with Crippen LogP contribution in [0.15, 0.2) is 24.4 Å². The molecule has 9 heteroatoms. The van der Waals surface area contributed by atoms with Crippen LogP contribution in [0, 0.1) is 11.6 Å². The van der Waals surface area contributed by atoms with Gasteiger partial charge in [-0.15, -0.1) is 0 Å². The lowest BCUT2D eigenvalue weighted by atomic mass is 9.93. The fourth-order valence-electron chi connectivity index (χ4n) is 3.70. The molecule has 1 aromatic carbocycles. The van der Waals surface area contributed by atoms with Crippen LogP contribution in [-0.2, 0) is 0 Å². The molecule has 2 heterocycles. The Morgan fingerprint density at radius 1 is 1.10 bits per heavy atom. The largest absolute Gasteiger partial charge is 0.393 e. The van der Waals surface area contributed by atoms with Crippen LogP contribution in [0.3, 0.4) is 0 Å². The third-order valence-corrected chi connectivity index (χ3v) is 5.08. The summed E-state index contributed by atoms with van der Waals surface area (Å²) in [4.78, 5) is 13.4. The Morgan fingerprint density at radius 3 is 2.40 bits per heavy atom. The molecule has 1 saturated carbocycles. The quantitative estimate of drug-likeness (QED) is 0.553. The molecule has 162 valence electrons.